The molecule has 0 atom stereocenters. The molecule has 0 amide bonds. The fraction of sp³-hybridized carbons (Fsp3) is 0.632. The molecular weight excluding hydrogens is 244 g/mol. The van der Waals surface area contributed by atoms with Crippen molar-refractivity contribution in [3.05, 3.63) is 35.4 Å². The minimum atomic E-state index is 0.337. The lowest BCUT2D eigenvalue weighted by atomic mass is 10.1. The Kier molecular flexibility index (Phi) is 12.2. The monoisotopic (exact) mass is 276 g/mol. The lowest BCUT2D eigenvalue weighted by molar-refractivity contribution is -0.117. The van der Waals surface area contributed by atoms with Crippen LogP contribution in [0, 0.1) is 13.8 Å². The van der Waals surface area contributed by atoms with E-state index in [1.807, 2.05) is 0 Å². The van der Waals surface area contributed by atoms with Crippen LogP contribution in [0.3, 0.4) is 0 Å². The van der Waals surface area contributed by atoms with Crippen molar-refractivity contribution in [1.29, 1.82) is 0 Å². The number of Topliss-reactive ketones (excluding diaryl/α,β-unsaturated/α-hetero) is 1. The molecule has 1 aromatic rings. The highest BCUT2D eigenvalue weighted by molar-refractivity contribution is 5.75. The molecule has 0 heterocycles. The second kappa shape index (κ2) is 12.9. The summed E-state index contributed by atoms with van der Waals surface area (Å²) >= 11 is 0. The van der Waals surface area contributed by atoms with E-state index in [2.05, 4.69) is 45.0 Å². The number of rotatable bonds is 8. The zero-order valence-corrected chi connectivity index (χ0v) is 13.9. The Morgan fingerprint density at radius 1 is 0.800 bits per heavy atom. The highest BCUT2D eigenvalue weighted by atomic mass is 16.1. The molecule has 0 aliphatic heterocycles. The molecule has 1 rings (SSSR count). The van der Waals surface area contributed by atoms with Gasteiger partial charge in [0.1, 0.15) is 5.78 Å². The number of benzene rings is 1. The first-order valence-electron chi connectivity index (χ1n) is 8.09. The summed E-state index contributed by atoms with van der Waals surface area (Å²) in [4.78, 5) is 10.6. The lowest BCUT2D eigenvalue weighted by Gasteiger charge is -1.98. The van der Waals surface area contributed by atoms with E-state index in [0.717, 1.165) is 12.8 Å². The van der Waals surface area contributed by atoms with E-state index in [-0.39, 0.29) is 0 Å². The van der Waals surface area contributed by atoms with Gasteiger partial charge in [-0.3, -0.25) is 0 Å². The Labute approximate surface area is 125 Å². The van der Waals surface area contributed by atoms with Crippen LogP contribution in [0.15, 0.2) is 24.3 Å². The summed E-state index contributed by atoms with van der Waals surface area (Å²) in [6.45, 7) is 8.10. The second-order valence-corrected chi connectivity index (χ2v) is 5.73. The summed E-state index contributed by atoms with van der Waals surface area (Å²) in [7, 11) is 0. The molecule has 0 aliphatic rings. The first-order valence-corrected chi connectivity index (χ1v) is 8.09. The molecule has 0 bridgehead atoms. The van der Waals surface area contributed by atoms with Gasteiger partial charge in [-0.1, -0.05) is 80.8 Å². The first-order chi connectivity index (χ1) is 9.56. The number of carbonyl (C=O) groups excluding carboxylic acids is 1. The van der Waals surface area contributed by atoms with E-state index in [1.54, 1.807) is 6.92 Å². The van der Waals surface area contributed by atoms with Crippen LogP contribution in [0.5, 0.6) is 0 Å². The predicted molar refractivity (Wildman–Crippen MR) is 89.2 cm³/mol. The average Bonchev–Trinajstić information content (AvgIpc) is 2.41. The van der Waals surface area contributed by atoms with E-state index in [1.165, 1.54) is 49.7 Å². The van der Waals surface area contributed by atoms with Crippen molar-refractivity contribution in [3.8, 4) is 0 Å². The van der Waals surface area contributed by atoms with Crippen molar-refractivity contribution in [2.75, 3.05) is 0 Å². The van der Waals surface area contributed by atoms with Gasteiger partial charge in [0.15, 0.2) is 0 Å². The van der Waals surface area contributed by atoms with Crippen molar-refractivity contribution >= 4 is 5.78 Å². The molecule has 0 saturated carbocycles. The average molecular weight is 276 g/mol. The van der Waals surface area contributed by atoms with Crippen LogP contribution < -0.4 is 0 Å². The molecule has 0 N–H and O–H groups in total. The van der Waals surface area contributed by atoms with Gasteiger partial charge in [0, 0.05) is 6.42 Å². The highest BCUT2D eigenvalue weighted by Crippen LogP contribution is 2.08. The first kappa shape index (κ1) is 18.9. The quantitative estimate of drug-likeness (QED) is 0.531. The number of unbranched alkanes of at least 4 members (excludes halogenated alkanes) is 6. The summed E-state index contributed by atoms with van der Waals surface area (Å²) in [5.74, 6) is 0.337. The van der Waals surface area contributed by atoms with Gasteiger partial charge in [0.25, 0.3) is 0 Å². The molecule has 0 unspecified atom stereocenters. The van der Waals surface area contributed by atoms with Crippen LogP contribution in [-0.4, -0.2) is 5.78 Å². The number of aryl methyl sites for hydroxylation is 2. The molecule has 1 nitrogen and oxygen atoms in total. The summed E-state index contributed by atoms with van der Waals surface area (Å²) < 4.78 is 0. The Balaban J connectivity index is 0.000000388. The molecule has 114 valence electrons. The van der Waals surface area contributed by atoms with E-state index in [4.69, 9.17) is 0 Å². The normalized spacial score (nSPS) is 9.80. The summed E-state index contributed by atoms with van der Waals surface area (Å²) in [6, 6.07) is 8.48. The van der Waals surface area contributed by atoms with Gasteiger partial charge in [-0.05, 0) is 27.2 Å². The molecule has 0 fully saturated rings. The van der Waals surface area contributed by atoms with Crippen molar-refractivity contribution in [2.45, 2.75) is 79.1 Å². The largest absolute Gasteiger partial charge is 0.300 e. The van der Waals surface area contributed by atoms with Gasteiger partial charge in [0.05, 0.1) is 0 Å². The van der Waals surface area contributed by atoms with Crippen LogP contribution in [0.25, 0.3) is 0 Å². The van der Waals surface area contributed by atoms with Crippen molar-refractivity contribution in [3.63, 3.8) is 0 Å². The smallest absolute Gasteiger partial charge is 0.129 e. The molecule has 1 aromatic carbocycles. The molecule has 0 aromatic heterocycles. The predicted octanol–water partition coefficient (Wildman–Crippen LogP) is 6.02. The molecular formula is C19H32O. The maximum Gasteiger partial charge on any atom is 0.129 e. The second-order valence-electron chi connectivity index (χ2n) is 5.73. The Morgan fingerprint density at radius 3 is 1.60 bits per heavy atom. The van der Waals surface area contributed by atoms with Crippen LogP contribution in [0.4, 0.5) is 0 Å². The fourth-order valence-electron chi connectivity index (χ4n) is 1.97. The molecule has 20 heavy (non-hydrogen) atoms. The number of carbonyl (C=O) groups is 1. The van der Waals surface area contributed by atoms with Crippen LogP contribution in [0.2, 0.25) is 0 Å². The van der Waals surface area contributed by atoms with Gasteiger partial charge in [0.2, 0.25) is 0 Å². The fourth-order valence-corrected chi connectivity index (χ4v) is 1.97. The van der Waals surface area contributed by atoms with Crippen LogP contribution in [-0.2, 0) is 4.79 Å². The van der Waals surface area contributed by atoms with Gasteiger partial charge >= 0.3 is 0 Å². The summed E-state index contributed by atoms with van der Waals surface area (Å²) in [5, 5.41) is 0. The Morgan fingerprint density at radius 2 is 1.20 bits per heavy atom. The Hall–Kier alpha value is -1.11. The maximum absolute atomic E-state index is 10.6. The van der Waals surface area contributed by atoms with E-state index < -0.39 is 0 Å². The zero-order valence-electron chi connectivity index (χ0n) is 13.9. The van der Waals surface area contributed by atoms with E-state index >= 15 is 0 Å². The SMILES string of the molecule is CCCCCCCCCC(C)=O.Cc1ccc(C)cc1. The van der Waals surface area contributed by atoms with Crippen LogP contribution in [0.1, 0.15) is 76.3 Å². The standard InChI is InChI=1S/C11H22O.C8H10/c1-3-4-5-6-7-8-9-10-11(2)12;1-7-3-5-8(2)6-4-7/h3-10H2,1-2H3;3-6H,1-2H3. The third kappa shape index (κ3) is 13.3. The van der Waals surface area contributed by atoms with Crippen molar-refractivity contribution in [1.82, 2.24) is 0 Å². The number of hydrogen-bond donors (Lipinski definition) is 0. The molecule has 0 saturated heterocycles. The molecule has 1 heteroatoms. The molecule has 0 spiro atoms. The van der Waals surface area contributed by atoms with Crippen LogP contribution >= 0.6 is 0 Å². The van der Waals surface area contributed by atoms with Gasteiger partial charge in [-0.25, -0.2) is 0 Å². The molecule has 0 radical (unpaired) electrons. The molecule has 0 aliphatic carbocycles. The third-order valence-electron chi connectivity index (χ3n) is 3.35. The minimum Gasteiger partial charge on any atom is -0.300 e. The van der Waals surface area contributed by atoms with Crippen molar-refractivity contribution < 1.29 is 4.79 Å². The zero-order chi connectivity index (χ0) is 15.2. The third-order valence-corrected chi connectivity index (χ3v) is 3.35. The maximum atomic E-state index is 10.6. The van der Waals surface area contributed by atoms with Gasteiger partial charge < -0.3 is 4.79 Å². The van der Waals surface area contributed by atoms with E-state index in [9.17, 15) is 4.79 Å². The number of ketones is 1. The van der Waals surface area contributed by atoms with Gasteiger partial charge in [-0.15, -0.1) is 0 Å². The Bertz CT molecular complexity index is 316. The summed E-state index contributed by atoms with van der Waals surface area (Å²) in [6.07, 6.45) is 9.84. The number of hydrogen-bond acceptors (Lipinski definition) is 1. The topological polar surface area (TPSA) is 17.1 Å². The van der Waals surface area contributed by atoms with Crippen molar-refractivity contribution in [2.24, 2.45) is 0 Å². The highest BCUT2D eigenvalue weighted by Gasteiger charge is 1.93. The summed E-state index contributed by atoms with van der Waals surface area (Å²) in [5.41, 5.74) is 2.66. The van der Waals surface area contributed by atoms with E-state index in [0.29, 0.717) is 5.78 Å². The minimum absolute atomic E-state index is 0.337. The lowest BCUT2D eigenvalue weighted by Crippen LogP contribution is -1.89. The van der Waals surface area contributed by atoms with Gasteiger partial charge in [-0.2, -0.15) is 0 Å².